The lowest BCUT2D eigenvalue weighted by atomic mass is 9.71. The molecule has 440 valence electrons. The molecule has 0 atom stereocenters. The van der Waals surface area contributed by atoms with Crippen molar-refractivity contribution in [2.45, 2.75) is 128 Å². The average molecular weight is 1240 g/mol. The number of carbonyl (C=O) groups excluding carboxylic acids is 3. The maximum absolute atomic E-state index is 14.9. The zero-order valence-electron chi connectivity index (χ0n) is 46.9. The molecule has 0 aromatic heterocycles. The minimum absolute atomic E-state index is 0.0685. The van der Waals surface area contributed by atoms with Crippen molar-refractivity contribution < 1.29 is 59.6 Å². The molecule has 0 radical (unpaired) electrons. The molecule has 6 aliphatic heterocycles. The van der Waals surface area contributed by atoms with Gasteiger partial charge >= 0.3 is 5.97 Å². The van der Waals surface area contributed by atoms with Crippen molar-refractivity contribution in [3.8, 4) is 17.2 Å². The summed E-state index contributed by atoms with van der Waals surface area (Å²) in [6, 6.07) is 10.3. The number of esters is 1. The minimum Gasteiger partial charge on any atom is -0.508 e. The number of phenolic OH excluding ortho intramolecular Hbond substituents is 1. The van der Waals surface area contributed by atoms with Gasteiger partial charge in [-0.15, -0.1) is 11.8 Å². The third kappa shape index (κ3) is 11.1. The number of rotatable bonds is 18. The smallest absolute Gasteiger partial charge is 0.341 e. The van der Waals surface area contributed by atoms with Crippen molar-refractivity contribution >= 4 is 107 Å². The Bertz CT molecular complexity index is 3540. The summed E-state index contributed by atoms with van der Waals surface area (Å²) < 4.78 is 92.6. The number of nitrogens with one attached hydrogen (secondary N) is 2. The zero-order valence-corrected chi connectivity index (χ0v) is 51.6. The van der Waals surface area contributed by atoms with Crippen LogP contribution in [-0.2, 0) is 64.2 Å². The molecule has 10 rings (SSSR count). The largest absolute Gasteiger partial charge is 0.508 e. The number of amides is 2. The van der Waals surface area contributed by atoms with Gasteiger partial charge in [-0.3, -0.25) is 18.7 Å². The Kier molecular flexibility index (Phi) is 15.7. The molecular formula is C59H67Cl3N4O13S3. The van der Waals surface area contributed by atoms with Gasteiger partial charge in [-0.05, 0) is 127 Å². The SMILES string of the molecule is CC(C)(CCNC(=O)CSc1c(Cl)c(Cl)c2c(c1Cl)C1(OC2=O)c2cc3c4c(c2Oc2c1cc1c5c2CCCN5C(C)(C)C=C1CS(=O)(=O)O)CCCN4C(C)(C)C=C3CS(=O)(=O)O)OCCC(C)(C)C(=O)NCCc1ccc(O)cc1. The van der Waals surface area contributed by atoms with E-state index in [2.05, 4.69) is 20.4 Å². The maximum Gasteiger partial charge on any atom is 0.341 e. The van der Waals surface area contributed by atoms with Gasteiger partial charge in [0.05, 0.1) is 54.4 Å². The Balaban J connectivity index is 0.990. The number of benzene rings is 4. The quantitative estimate of drug-likeness (QED) is 0.0269. The topological polar surface area (TPSA) is 238 Å². The third-order valence-electron chi connectivity index (χ3n) is 16.6. The van der Waals surface area contributed by atoms with E-state index in [0.717, 1.165) is 17.3 Å². The van der Waals surface area contributed by atoms with Crippen LogP contribution in [0.5, 0.6) is 17.2 Å². The molecule has 17 nitrogen and oxygen atoms in total. The first-order valence-electron chi connectivity index (χ1n) is 27.3. The molecule has 82 heavy (non-hydrogen) atoms. The molecule has 4 aromatic carbocycles. The molecule has 23 heteroatoms. The molecule has 6 heterocycles. The van der Waals surface area contributed by atoms with Gasteiger partial charge in [0, 0.05) is 82.0 Å². The molecule has 0 saturated carbocycles. The summed E-state index contributed by atoms with van der Waals surface area (Å²) in [5.74, 6) is -2.21. The zero-order chi connectivity index (χ0) is 59.4. The van der Waals surface area contributed by atoms with Crippen LogP contribution in [-0.4, -0.2) is 116 Å². The van der Waals surface area contributed by atoms with E-state index in [1.807, 2.05) is 67.5 Å². The minimum atomic E-state index is -4.61. The number of phenols is 1. The highest BCUT2D eigenvalue weighted by Gasteiger charge is 2.59. The van der Waals surface area contributed by atoms with Crippen molar-refractivity contribution in [3.05, 3.63) is 114 Å². The molecule has 4 aromatic rings. The van der Waals surface area contributed by atoms with Crippen LogP contribution in [0.15, 0.2) is 53.4 Å². The first-order chi connectivity index (χ1) is 38.2. The fourth-order valence-corrected chi connectivity index (χ4v) is 15.9. The number of fused-ring (bicyclic) bond motifs is 8. The lowest BCUT2D eigenvalue weighted by Gasteiger charge is -2.50. The molecule has 0 aliphatic carbocycles. The second-order valence-corrected chi connectivity index (χ2v) is 29.4. The summed E-state index contributed by atoms with van der Waals surface area (Å²) in [6.07, 6.45) is 7.32. The van der Waals surface area contributed by atoms with Crippen LogP contribution in [0, 0.1) is 5.41 Å². The van der Waals surface area contributed by atoms with Crippen LogP contribution in [0.3, 0.4) is 0 Å². The van der Waals surface area contributed by atoms with Gasteiger partial charge in [0.15, 0.2) is 5.60 Å². The van der Waals surface area contributed by atoms with Crippen molar-refractivity contribution in [2.75, 3.05) is 59.8 Å². The van der Waals surface area contributed by atoms with Gasteiger partial charge < -0.3 is 39.8 Å². The van der Waals surface area contributed by atoms with Crippen molar-refractivity contribution in [1.82, 2.24) is 10.6 Å². The Hall–Kier alpha value is -5.03. The van der Waals surface area contributed by atoms with Crippen LogP contribution >= 0.6 is 46.6 Å². The van der Waals surface area contributed by atoms with Crippen molar-refractivity contribution in [3.63, 3.8) is 0 Å². The standard InChI is InChI=1S/C59H67Cl3N4O13S3/c1-55(2,54(70)64-20-17-32-13-15-35(67)16-14-32)19-24-77-58(7,8)18-21-63-42(68)29-80-52-46(61)44-43(45(60)47(52)62)53(69)79-59(44)40-25-38-33(30-81(71,72)73)27-56(3,4)65-22-9-11-36(48(38)65)50(40)78-51-37-12-10-23-66-49(37)39(26-41(51)59)34(28-57(66,5)6)31-82(74,75)76/h13-16,25-28,67H,9-12,17-24,29-31H2,1-8H3,(H,63,68)(H,64,70)(H,71,72,73)(H,74,75,76). The number of hydrogen-bond acceptors (Lipinski definition) is 14. The second kappa shape index (κ2) is 21.5. The molecule has 5 N–H and O–H groups in total. The van der Waals surface area contributed by atoms with E-state index < -0.39 is 65.4 Å². The van der Waals surface area contributed by atoms with Gasteiger partial charge in [0.25, 0.3) is 20.2 Å². The number of ether oxygens (including phenoxy) is 3. The Labute approximate surface area is 497 Å². The summed E-state index contributed by atoms with van der Waals surface area (Å²) in [5.41, 5.74) is 0.820. The van der Waals surface area contributed by atoms with Gasteiger partial charge in [-0.1, -0.05) is 72.9 Å². The Morgan fingerprint density at radius 1 is 0.768 bits per heavy atom. The number of carbonyl (C=O) groups is 3. The van der Waals surface area contributed by atoms with E-state index in [4.69, 9.17) is 49.0 Å². The third-order valence-corrected chi connectivity index (χ3v) is 20.5. The Morgan fingerprint density at radius 3 is 1.83 bits per heavy atom. The van der Waals surface area contributed by atoms with Gasteiger partial charge in [-0.2, -0.15) is 16.8 Å². The predicted octanol–water partition coefficient (Wildman–Crippen LogP) is 10.7. The summed E-state index contributed by atoms with van der Waals surface area (Å²) >= 11 is 23.0. The van der Waals surface area contributed by atoms with E-state index in [9.17, 15) is 45.4 Å². The van der Waals surface area contributed by atoms with E-state index >= 15 is 0 Å². The average Bonchev–Trinajstić information content (AvgIpc) is 3.68. The van der Waals surface area contributed by atoms with Crippen LogP contribution < -0.4 is 25.2 Å². The van der Waals surface area contributed by atoms with E-state index in [1.165, 1.54) is 0 Å². The van der Waals surface area contributed by atoms with E-state index in [-0.39, 0.29) is 78.7 Å². The lowest BCUT2D eigenvalue weighted by Crippen LogP contribution is -2.49. The molecule has 0 bridgehead atoms. The van der Waals surface area contributed by atoms with Crippen molar-refractivity contribution in [1.29, 1.82) is 0 Å². The fraction of sp³-hybridized carbons (Fsp3) is 0.475. The van der Waals surface area contributed by atoms with Crippen LogP contribution in [0.2, 0.25) is 15.1 Å². The number of hydrogen-bond donors (Lipinski definition) is 5. The monoisotopic (exact) mass is 1240 g/mol. The summed E-state index contributed by atoms with van der Waals surface area (Å²) in [5, 5.41) is 15.1. The highest BCUT2D eigenvalue weighted by atomic mass is 35.5. The fourth-order valence-electron chi connectivity index (χ4n) is 12.6. The van der Waals surface area contributed by atoms with Crippen molar-refractivity contribution in [2.24, 2.45) is 5.41 Å². The number of thioether (sulfide) groups is 1. The number of nitrogens with zero attached hydrogens (tertiary/aromatic N) is 2. The molecule has 0 saturated heterocycles. The molecule has 0 fully saturated rings. The molecule has 2 amide bonds. The summed E-state index contributed by atoms with van der Waals surface area (Å²) in [6.45, 7) is 17.5. The van der Waals surface area contributed by atoms with Crippen LogP contribution in [0.25, 0.3) is 11.1 Å². The normalized spacial score (nSPS) is 18.0. The molecular weight excluding hydrogens is 1180 g/mol. The molecule has 0 unspecified atom stereocenters. The maximum atomic E-state index is 14.9. The van der Waals surface area contributed by atoms with E-state index in [1.54, 1.807) is 36.4 Å². The highest BCUT2D eigenvalue weighted by Crippen LogP contribution is 2.66. The number of halogens is 3. The van der Waals surface area contributed by atoms with Gasteiger partial charge in [0.2, 0.25) is 11.8 Å². The number of aromatic hydroxyl groups is 1. The van der Waals surface area contributed by atoms with Crippen LogP contribution in [0.1, 0.15) is 136 Å². The summed E-state index contributed by atoms with van der Waals surface area (Å²) in [4.78, 5) is 46.4. The highest BCUT2D eigenvalue weighted by molar-refractivity contribution is 8.00. The lowest BCUT2D eigenvalue weighted by molar-refractivity contribution is -0.131. The predicted molar refractivity (Wildman–Crippen MR) is 320 cm³/mol. The van der Waals surface area contributed by atoms with Gasteiger partial charge in [-0.25, -0.2) is 4.79 Å². The first kappa shape index (κ1) is 60.1. The van der Waals surface area contributed by atoms with E-state index in [0.29, 0.717) is 121 Å². The van der Waals surface area contributed by atoms with Crippen LogP contribution in [0.4, 0.5) is 11.4 Å². The number of anilines is 2. The van der Waals surface area contributed by atoms with Gasteiger partial charge in [0.1, 0.15) is 28.8 Å². The Morgan fingerprint density at radius 2 is 1.30 bits per heavy atom. The first-order valence-corrected chi connectivity index (χ1v) is 32.6. The molecule has 6 aliphatic rings. The molecule has 1 spiro atoms. The second-order valence-electron chi connectivity index (χ2n) is 24.4. The summed E-state index contributed by atoms with van der Waals surface area (Å²) in [7, 11) is -9.21.